The van der Waals surface area contributed by atoms with Gasteiger partial charge in [-0.2, -0.15) is 0 Å². The predicted molar refractivity (Wildman–Crippen MR) is 109 cm³/mol. The van der Waals surface area contributed by atoms with E-state index in [9.17, 15) is 4.79 Å². The number of hydrogen-bond donors (Lipinski definition) is 2. The van der Waals surface area contributed by atoms with Gasteiger partial charge >= 0.3 is 0 Å². The second kappa shape index (κ2) is 9.98. The molecule has 0 bridgehead atoms. The van der Waals surface area contributed by atoms with Crippen LogP contribution in [-0.2, 0) is 11.2 Å². The van der Waals surface area contributed by atoms with Crippen LogP contribution < -0.4 is 20.1 Å². The number of carbonyl (C=O) groups excluding carboxylic acids is 1. The van der Waals surface area contributed by atoms with Crippen LogP contribution in [0.25, 0.3) is 0 Å². The van der Waals surface area contributed by atoms with Crippen LogP contribution in [-0.4, -0.2) is 39.3 Å². The minimum atomic E-state index is 0.0636. The number of hydrogen-bond acceptors (Lipinski definition) is 4. The van der Waals surface area contributed by atoms with Crippen molar-refractivity contribution in [3.8, 4) is 11.5 Å². The third kappa shape index (κ3) is 6.42. The zero-order valence-corrected chi connectivity index (χ0v) is 17.6. The first kappa shape index (κ1) is 21.5. The van der Waals surface area contributed by atoms with Crippen molar-refractivity contribution in [1.29, 1.82) is 0 Å². The lowest BCUT2D eigenvalue weighted by Crippen LogP contribution is -2.47. The van der Waals surface area contributed by atoms with Crippen LogP contribution in [0.4, 0.5) is 0 Å². The van der Waals surface area contributed by atoms with Crippen molar-refractivity contribution >= 4 is 5.91 Å². The number of ether oxygens (including phenoxy) is 2. The second-order valence-corrected chi connectivity index (χ2v) is 8.53. The van der Waals surface area contributed by atoms with E-state index in [1.165, 1.54) is 25.7 Å². The molecule has 0 aliphatic heterocycles. The molecule has 0 saturated heterocycles. The van der Waals surface area contributed by atoms with E-state index in [0.717, 1.165) is 17.7 Å². The average Bonchev–Trinajstić information content (AvgIpc) is 2.65. The number of methoxy groups -OCH3 is 2. The van der Waals surface area contributed by atoms with Gasteiger partial charge < -0.3 is 20.1 Å². The third-order valence-electron chi connectivity index (χ3n) is 5.59. The molecule has 1 aromatic carbocycles. The maximum atomic E-state index is 12.2. The molecule has 152 valence electrons. The lowest BCUT2D eigenvalue weighted by atomic mass is 9.69. The number of carbonyl (C=O) groups is 1. The Balaban J connectivity index is 1.76. The molecule has 2 atom stereocenters. The van der Waals surface area contributed by atoms with Crippen LogP contribution in [0, 0.1) is 11.3 Å². The van der Waals surface area contributed by atoms with Gasteiger partial charge in [-0.05, 0) is 48.3 Å². The Morgan fingerprint density at radius 2 is 1.81 bits per heavy atom. The standard InChI is InChI=1S/C22H36N2O3/c1-22(2,3)17-8-6-7-9-18(17)24-15-21(25)23-13-12-16-10-11-19(26-4)20(14-16)27-5/h10-11,14,17-18,24H,6-9,12-13,15H2,1-5H3,(H,23,25). The zero-order valence-electron chi connectivity index (χ0n) is 17.6. The van der Waals surface area contributed by atoms with Gasteiger partial charge in [-0.15, -0.1) is 0 Å². The topological polar surface area (TPSA) is 59.6 Å². The molecule has 5 nitrogen and oxygen atoms in total. The summed E-state index contributed by atoms with van der Waals surface area (Å²) in [5.74, 6) is 2.13. The van der Waals surface area contributed by atoms with E-state index in [1.807, 2.05) is 18.2 Å². The van der Waals surface area contributed by atoms with Gasteiger partial charge in [0.05, 0.1) is 20.8 Å². The fourth-order valence-electron chi connectivity index (χ4n) is 4.08. The number of amides is 1. The summed E-state index contributed by atoms with van der Waals surface area (Å²) in [5.41, 5.74) is 1.39. The largest absolute Gasteiger partial charge is 0.493 e. The normalized spacial score (nSPS) is 20.2. The highest BCUT2D eigenvalue weighted by Gasteiger charge is 2.33. The summed E-state index contributed by atoms with van der Waals surface area (Å²) < 4.78 is 10.6. The molecule has 1 saturated carbocycles. The SMILES string of the molecule is COc1ccc(CCNC(=O)CNC2CCCCC2C(C)(C)C)cc1OC. The second-order valence-electron chi connectivity index (χ2n) is 8.53. The van der Waals surface area contributed by atoms with Crippen molar-refractivity contribution in [2.45, 2.75) is 58.9 Å². The first-order valence-electron chi connectivity index (χ1n) is 10.1. The fraction of sp³-hybridized carbons (Fsp3) is 0.682. The van der Waals surface area contributed by atoms with Crippen molar-refractivity contribution < 1.29 is 14.3 Å². The molecule has 1 aromatic rings. The zero-order chi connectivity index (χ0) is 19.9. The van der Waals surface area contributed by atoms with Crippen molar-refractivity contribution in [1.82, 2.24) is 10.6 Å². The Morgan fingerprint density at radius 1 is 1.11 bits per heavy atom. The van der Waals surface area contributed by atoms with Crippen molar-refractivity contribution in [3.05, 3.63) is 23.8 Å². The van der Waals surface area contributed by atoms with Gasteiger partial charge in [0.15, 0.2) is 11.5 Å². The molecule has 2 unspecified atom stereocenters. The Bertz CT molecular complexity index is 610. The van der Waals surface area contributed by atoms with Gasteiger partial charge in [0, 0.05) is 12.6 Å². The summed E-state index contributed by atoms with van der Waals surface area (Å²) in [6.07, 6.45) is 5.74. The van der Waals surface area contributed by atoms with Crippen LogP contribution in [0.1, 0.15) is 52.0 Å². The molecule has 2 N–H and O–H groups in total. The summed E-state index contributed by atoms with van der Waals surface area (Å²) in [5, 5.41) is 6.53. The maximum Gasteiger partial charge on any atom is 0.233 e. The molecule has 1 fully saturated rings. The Labute approximate surface area is 164 Å². The predicted octanol–water partition coefficient (Wildman–Crippen LogP) is 3.56. The van der Waals surface area contributed by atoms with Gasteiger partial charge in [-0.25, -0.2) is 0 Å². The number of nitrogens with one attached hydrogen (secondary N) is 2. The molecule has 27 heavy (non-hydrogen) atoms. The van der Waals surface area contributed by atoms with Gasteiger partial charge in [-0.1, -0.05) is 39.7 Å². The highest BCUT2D eigenvalue weighted by Crippen LogP contribution is 2.37. The van der Waals surface area contributed by atoms with Crippen LogP contribution in [0.2, 0.25) is 0 Å². The van der Waals surface area contributed by atoms with E-state index < -0.39 is 0 Å². The summed E-state index contributed by atoms with van der Waals surface area (Å²) in [7, 11) is 3.26. The van der Waals surface area contributed by atoms with Crippen molar-refractivity contribution in [3.63, 3.8) is 0 Å². The molecule has 0 heterocycles. The minimum Gasteiger partial charge on any atom is -0.493 e. The van der Waals surface area contributed by atoms with E-state index >= 15 is 0 Å². The van der Waals surface area contributed by atoms with Crippen LogP contribution in [0.15, 0.2) is 18.2 Å². The molecular formula is C22H36N2O3. The van der Waals surface area contributed by atoms with Crippen LogP contribution in [0.3, 0.4) is 0 Å². The fourth-order valence-corrected chi connectivity index (χ4v) is 4.08. The van der Waals surface area contributed by atoms with E-state index in [0.29, 0.717) is 30.8 Å². The molecule has 1 aliphatic carbocycles. The summed E-state index contributed by atoms with van der Waals surface area (Å²) in [6.45, 7) is 7.93. The van der Waals surface area contributed by atoms with Gasteiger partial charge in [-0.3, -0.25) is 4.79 Å². The quantitative estimate of drug-likeness (QED) is 0.728. The number of benzene rings is 1. The monoisotopic (exact) mass is 376 g/mol. The Hall–Kier alpha value is -1.75. The van der Waals surface area contributed by atoms with E-state index in [2.05, 4.69) is 31.4 Å². The molecule has 0 spiro atoms. The lowest BCUT2D eigenvalue weighted by molar-refractivity contribution is -0.120. The molecule has 0 radical (unpaired) electrons. The molecule has 0 aromatic heterocycles. The van der Waals surface area contributed by atoms with Gasteiger partial charge in [0.1, 0.15) is 0 Å². The van der Waals surface area contributed by atoms with Crippen LogP contribution >= 0.6 is 0 Å². The van der Waals surface area contributed by atoms with Gasteiger partial charge in [0.25, 0.3) is 0 Å². The van der Waals surface area contributed by atoms with E-state index in [4.69, 9.17) is 9.47 Å². The maximum absolute atomic E-state index is 12.2. The molecule has 2 rings (SSSR count). The molecule has 1 amide bonds. The average molecular weight is 377 g/mol. The minimum absolute atomic E-state index is 0.0636. The lowest BCUT2D eigenvalue weighted by Gasteiger charge is -2.40. The first-order chi connectivity index (χ1) is 12.8. The number of rotatable bonds is 8. The summed E-state index contributed by atoms with van der Waals surface area (Å²) in [6, 6.07) is 6.30. The Kier molecular flexibility index (Phi) is 7.96. The molecular weight excluding hydrogens is 340 g/mol. The van der Waals surface area contributed by atoms with E-state index in [1.54, 1.807) is 14.2 Å². The summed E-state index contributed by atoms with van der Waals surface area (Å²) in [4.78, 5) is 12.2. The highest BCUT2D eigenvalue weighted by molar-refractivity contribution is 5.78. The first-order valence-corrected chi connectivity index (χ1v) is 10.1. The van der Waals surface area contributed by atoms with Crippen LogP contribution in [0.5, 0.6) is 11.5 Å². The van der Waals surface area contributed by atoms with Gasteiger partial charge in [0.2, 0.25) is 5.91 Å². The van der Waals surface area contributed by atoms with Crippen molar-refractivity contribution in [2.75, 3.05) is 27.3 Å². The molecule has 1 aliphatic rings. The smallest absolute Gasteiger partial charge is 0.233 e. The van der Waals surface area contributed by atoms with Crippen molar-refractivity contribution in [2.24, 2.45) is 11.3 Å². The van der Waals surface area contributed by atoms with E-state index in [-0.39, 0.29) is 11.3 Å². The molecule has 5 heteroatoms. The Morgan fingerprint density at radius 3 is 2.48 bits per heavy atom. The third-order valence-corrected chi connectivity index (χ3v) is 5.59. The summed E-state index contributed by atoms with van der Waals surface area (Å²) >= 11 is 0. The highest BCUT2D eigenvalue weighted by atomic mass is 16.5.